The zero-order chi connectivity index (χ0) is 11.7. The monoisotopic (exact) mass is 224 g/mol. The van der Waals surface area contributed by atoms with Crippen LogP contribution in [0, 0.1) is 23.3 Å². The van der Waals surface area contributed by atoms with Gasteiger partial charge in [-0.15, -0.1) is 0 Å². The molecule has 1 rings (SSSR count). The molecule has 15 heavy (non-hydrogen) atoms. The van der Waals surface area contributed by atoms with E-state index in [2.05, 4.69) is 0 Å². The molecule has 0 unspecified atom stereocenters. The van der Waals surface area contributed by atoms with Gasteiger partial charge in [0.05, 0.1) is 5.56 Å². The van der Waals surface area contributed by atoms with Gasteiger partial charge < -0.3 is 10.2 Å². The lowest BCUT2D eigenvalue weighted by atomic mass is 10.1. The molecule has 0 aliphatic carbocycles. The van der Waals surface area contributed by atoms with Crippen LogP contribution >= 0.6 is 0 Å². The molecular formula is C8H4F4O3. The lowest BCUT2D eigenvalue weighted by Gasteiger charge is -2.09. The quantitative estimate of drug-likeness (QED) is 0.453. The number of carboxylic acids is 1. The van der Waals surface area contributed by atoms with Gasteiger partial charge in [0.2, 0.25) is 0 Å². The fourth-order valence-electron chi connectivity index (χ4n) is 0.954. The fraction of sp³-hybridized carbons (Fsp3) is 0.125. The largest absolute Gasteiger partial charge is 0.479 e. The minimum absolute atomic E-state index is 0.0418. The molecule has 1 atom stereocenters. The number of aliphatic hydroxyl groups excluding tert-OH is 1. The molecule has 1 aromatic carbocycles. The van der Waals surface area contributed by atoms with Crippen LogP contribution in [-0.2, 0) is 4.79 Å². The van der Waals surface area contributed by atoms with Crippen molar-refractivity contribution in [3.05, 3.63) is 34.9 Å². The van der Waals surface area contributed by atoms with Crippen LogP contribution in [-0.4, -0.2) is 16.2 Å². The summed E-state index contributed by atoms with van der Waals surface area (Å²) in [6, 6.07) is -0.0418. The highest BCUT2D eigenvalue weighted by atomic mass is 19.2. The van der Waals surface area contributed by atoms with Crippen LogP contribution in [0.1, 0.15) is 11.7 Å². The summed E-state index contributed by atoms with van der Waals surface area (Å²) in [5, 5.41) is 17.1. The normalized spacial score (nSPS) is 12.6. The third-order valence-corrected chi connectivity index (χ3v) is 1.66. The zero-order valence-corrected chi connectivity index (χ0v) is 6.97. The molecule has 0 spiro atoms. The number of halogens is 4. The lowest BCUT2D eigenvalue weighted by molar-refractivity contribution is -0.147. The molecule has 0 aromatic heterocycles. The zero-order valence-electron chi connectivity index (χ0n) is 6.97. The van der Waals surface area contributed by atoms with E-state index in [4.69, 9.17) is 10.2 Å². The van der Waals surface area contributed by atoms with E-state index in [1.165, 1.54) is 0 Å². The second kappa shape index (κ2) is 3.85. The van der Waals surface area contributed by atoms with E-state index in [1.807, 2.05) is 0 Å². The van der Waals surface area contributed by atoms with E-state index in [1.54, 1.807) is 0 Å². The highest BCUT2D eigenvalue weighted by Gasteiger charge is 2.28. The number of benzene rings is 1. The maximum atomic E-state index is 12.9. The summed E-state index contributed by atoms with van der Waals surface area (Å²) >= 11 is 0. The molecule has 0 saturated carbocycles. The van der Waals surface area contributed by atoms with Gasteiger partial charge in [-0.1, -0.05) is 0 Å². The Labute approximate surface area is 80.6 Å². The fourth-order valence-corrected chi connectivity index (χ4v) is 0.954. The molecule has 0 amide bonds. The van der Waals surface area contributed by atoms with E-state index < -0.39 is 40.9 Å². The number of carbonyl (C=O) groups is 1. The van der Waals surface area contributed by atoms with Crippen molar-refractivity contribution in [2.45, 2.75) is 6.10 Å². The number of hydrogen-bond acceptors (Lipinski definition) is 2. The van der Waals surface area contributed by atoms with Crippen molar-refractivity contribution in [1.82, 2.24) is 0 Å². The lowest BCUT2D eigenvalue weighted by Crippen LogP contribution is -2.16. The number of aliphatic carboxylic acids is 1. The van der Waals surface area contributed by atoms with Crippen LogP contribution in [0.5, 0.6) is 0 Å². The first-order valence-corrected chi connectivity index (χ1v) is 3.60. The van der Waals surface area contributed by atoms with Crippen molar-refractivity contribution in [1.29, 1.82) is 0 Å². The maximum absolute atomic E-state index is 12.9. The Morgan fingerprint density at radius 3 is 2.13 bits per heavy atom. The molecule has 0 aliphatic rings. The highest BCUT2D eigenvalue weighted by molar-refractivity contribution is 5.74. The van der Waals surface area contributed by atoms with Crippen molar-refractivity contribution in [2.75, 3.05) is 0 Å². The third kappa shape index (κ3) is 1.91. The number of rotatable bonds is 2. The Bertz CT molecular complexity index is 419. The van der Waals surface area contributed by atoms with E-state index in [-0.39, 0.29) is 6.07 Å². The minimum Gasteiger partial charge on any atom is -0.479 e. The van der Waals surface area contributed by atoms with Crippen LogP contribution in [0.3, 0.4) is 0 Å². The number of aliphatic hydroxyl groups is 1. The first-order valence-electron chi connectivity index (χ1n) is 3.60. The summed E-state index contributed by atoms with van der Waals surface area (Å²) in [7, 11) is 0. The number of carboxylic acid groups (broad SMARTS) is 1. The average Bonchev–Trinajstić information content (AvgIpc) is 2.14. The standard InChI is InChI=1S/C8H4F4O3/c9-2-1-3(10)5(11)6(12)4(2)7(13)8(14)15/h1,7,13H,(H,14,15)/t7-/m1/s1. The smallest absolute Gasteiger partial charge is 0.337 e. The van der Waals surface area contributed by atoms with Gasteiger partial charge in [-0.05, 0) is 0 Å². The van der Waals surface area contributed by atoms with E-state index in [9.17, 15) is 22.4 Å². The molecular weight excluding hydrogens is 220 g/mol. The molecule has 0 fully saturated rings. The molecule has 0 bridgehead atoms. The van der Waals surface area contributed by atoms with Crippen LogP contribution in [0.4, 0.5) is 17.6 Å². The van der Waals surface area contributed by atoms with Gasteiger partial charge >= 0.3 is 5.97 Å². The third-order valence-electron chi connectivity index (χ3n) is 1.66. The molecule has 82 valence electrons. The van der Waals surface area contributed by atoms with Crippen molar-refractivity contribution >= 4 is 5.97 Å². The first-order chi connectivity index (χ1) is 6.86. The Balaban J connectivity index is 3.42. The van der Waals surface area contributed by atoms with Gasteiger partial charge in [-0.3, -0.25) is 0 Å². The summed E-state index contributed by atoms with van der Waals surface area (Å²) in [6.45, 7) is 0. The molecule has 0 heterocycles. The van der Waals surface area contributed by atoms with Crippen LogP contribution < -0.4 is 0 Å². The minimum atomic E-state index is -2.58. The van der Waals surface area contributed by atoms with Gasteiger partial charge in [0.25, 0.3) is 0 Å². The van der Waals surface area contributed by atoms with Crippen molar-refractivity contribution in [2.24, 2.45) is 0 Å². The summed E-state index contributed by atoms with van der Waals surface area (Å²) in [6.07, 6.45) is -2.58. The van der Waals surface area contributed by atoms with Gasteiger partial charge in [0.1, 0.15) is 5.82 Å². The topological polar surface area (TPSA) is 57.5 Å². The molecule has 7 heteroatoms. The summed E-state index contributed by atoms with van der Waals surface area (Å²) in [5.41, 5.74) is -1.43. The van der Waals surface area contributed by atoms with Crippen LogP contribution in [0.2, 0.25) is 0 Å². The van der Waals surface area contributed by atoms with Gasteiger partial charge in [-0.25, -0.2) is 22.4 Å². The Morgan fingerprint density at radius 2 is 1.67 bits per heavy atom. The van der Waals surface area contributed by atoms with Gasteiger partial charge in [0.15, 0.2) is 23.6 Å². The van der Waals surface area contributed by atoms with Crippen LogP contribution in [0.15, 0.2) is 6.07 Å². The predicted molar refractivity (Wildman–Crippen MR) is 38.9 cm³/mol. The van der Waals surface area contributed by atoms with Gasteiger partial charge in [-0.2, -0.15) is 0 Å². The van der Waals surface area contributed by atoms with Crippen LogP contribution in [0.25, 0.3) is 0 Å². The second-order valence-electron chi connectivity index (χ2n) is 2.62. The maximum Gasteiger partial charge on any atom is 0.337 e. The first kappa shape index (κ1) is 11.4. The molecule has 3 nitrogen and oxygen atoms in total. The van der Waals surface area contributed by atoms with E-state index >= 15 is 0 Å². The predicted octanol–water partition coefficient (Wildman–Crippen LogP) is 1.36. The molecule has 0 saturated heterocycles. The molecule has 1 aromatic rings. The van der Waals surface area contributed by atoms with Crippen molar-refractivity contribution < 1.29 is 32.6 Å². The van der Waals surface area contributed by atoms with Crippen molar-refractivity contribution in [3.63, 3.8) is 0 Å². The van der Waals surface area contributed by atoms with Gasteiger partial charge in [0, 0.05) is 6.07 Å². The summed E-state index contributed by atoms with van der Waals surface area (Å²) in [4.78, 5) is 10.2. The average molecular weight is 224 g/mol. The Hall–Kier alpha value is -1.63. The Kier molecular flexibility index (Phi) is 2.94. The Morgan fingerprint density at radius 1 is 1.13 bits per heavy atom. The van der Waals surface area contributed by atoms with Crippen molar-refractivity contribution in [3.8, 4) is 0 Å². The highest BCUT2D eigenvalue weighted by Crippen LogP contribution is 2.24. The molecule has 0 aliphatic heterocycles. The summed E-state index contributed by atoms with van der Waals surface area (Å²) in [5.74, 6) is -9.53. The second-order valence-corrected chi connectivity index (χ2v) is 2.62. The van der Waals surface area contributed by atoms with E-state index in [0.717, 1.165) is 0 Å². The molecule has 2 N–H and O–H groups in total. The van der Waals surface area contributed by atoms with E-state index in [0.29, 0.717) is 0 Å². The SMILES string of the molecule is O=C(O)[C@H](O)c1c(F)cc(F)c(F)c1F. The number of hydrogen-bond donors (Lipinski definition) is 2. The summed E-state index contributed by atoms with van der Waals surface area (Å²) < 4.78 is 50.7. The molecule has 0 radical (unpaired) electrons.